The van der Waals surface area contributed by atoms with Gasteiger partial charge in [0.25, 0.3) is 0 Å². The molecule has 0 unspecified atom stereocenters. The summed E-state index contributed by atoms with van der Waals surface area (Å²) in [4.78, 5) is 21.6. The number of amides is 1. The Labute approximate surface area is 143 Å². The molecule has 0 aliphatic rings. The maximum Gasteiger partial charge on any atom is 0.233 e. The van der Waals surface area contributed by atoms with Crippen LogP contribution in [0.4, 0.5) is 0 Å². The van der Waals surface area contributed by atoms with Gasteiger partial charge >= 0.3 is 0 Å². The van der Waals surface area contributed by atoms with Crippen LogP contribution >= 0.6 is 23.4 Å². The average Bonchev–Trinajstić information content (AvgIpc) is 2.95. The normalized spacial score (nSPS) is 10.9. The van der Waals surface area contributed by atoms with Crippen molar-refractivity contribution in [3.05, 3.63) is 59.1 Å². The van der Waals surface area contributed by atoms with Gasteiger partial charge in [0, 0.05) is 18.6 Å². The molecule has 1 N–H and O–H groups in total. The van der Waals surface area contributed by atoms with Crippen LogP contribution < -0.4 is 0 Å². The van der Waals surface area contributed by atoms with Gasteiger partial charge in [0.2, 0.25) is 5.91 Å². The molecule has 0 atom stereocenters. The van der Waals surface area contributed by atoms with E-state index in [9.17, 15) is 4.79 Å². The van der Waals surface area contributed by atoms with Crippen LogP contribution in [0.15, 0.2) is 53.7 Å². The van der Waals surface area contributed by atoms with E-state index in [1.807, 2.05) is 49.5 Å². The predicted octanol–water partition coefficient (Wildman–Crippen LogP) is 3.97. The van der Waals surface area contributed by atoms with Gasteiger partial charge in [-0.1, -0.05) is 53.7 Å². The first-order chi connectivity index (χ1) is 11.1. The van der Waals surface area contributed by atoms with Crippen molar-refractivity contribution in [2.75, 3.05) is 12.8 Å². The molecule has 1 amide bonds. The van der Waals surface area contributed by atoms with Crippen molar-refractivity contribution < 1.29 is 4.79 Å². The van der Waals surface area contributed by atoms with Crippen molar-refractivity contribution in [3.8, 4) is 0 Å². The number of carbonyl (C=O) groups excluding carboxylic acids is 1. The lowest BCUT2D eigenvalue weighted by Crippen LogP contribution is -2.27. The van der Waals surface area contributed by atoms with E-state index in [1.165, 1.54) is 11.8 Å². The van der Waals surface area contributed by atoms with Crippen LogP contribution in [0.1, 0.15) is 5.56 Å². The summed E-state index contributed by atoms with van der Waals surface area (Å²) in [6.45, 7) is 0.607. The maximum absolute atomic E-state index is 12.2. The summed E-state index contributed by atoms with van der Waals surface area (Å²) in [6, 6.07) is 15.4. The Morgan fingerprint density at radius 3 is 2.83 bits per heavy atom. The molecule has 0 bridgehead atoms. The van der Waals surface area contributed by atoms with Crippen LogP contribution in [0.5, 0.6) is 0 Å². The molecule has 0 saturated heterocycles. The first-order valence-corrected chi connectivity index (χ1v) is 8.54. The Balaban J connectivity index is 1.59. The Morgan fingerprint density at radius 2 is 2.04 bits per heavy atom. The van der Waals surface area contributed by atoms with E-state index < -0.39 is 0 Å². The number of benzene rings is 2. The zero-order valence-electron chi connectivity index (χ0n) is 12.6. The number of fused-ring (bicyclic) bond motifs is 1. The number of hydrogen-bond acceptors (Lipinski definition) is 3. The second-order valence-corrected chi connectivity index (χ2v) is 6.63. The molecule has 1 heterocycles. The van der Waals surface area contributed by atoms with Crippen molar-refractivity contribution in [2.24, 2.45) is 0 Å². The fraction of sp³-hybridized carbons (Fsp3) is 0.176. The number of aromatic nitrogens is 2. The fourth-order valence-electron chi connectivity index (χ4n) is 2.21. The average molecular weight is 346 g/mol. The van der Waals surface area contributed by atoms with E-state index in [0.29, 0.717) is 17.3 Å². The molecule has 0 spiro atoms. The highest BCUT2D eigenvalue weighted by atomic mass is 35.5. The van der Waals surface area contributed by atoms with Crippen LogP contribution in [0.2, 0.25) is 5.02 Å². The topological polar surface area (TPSA) is 49.0 Å². The second kappa shape index (κ2) is 7.06. The van der Waals surface area contributed by atoms with E-state index in [1.54, 1.807) is 11.0 Å². The third kappa shape index (κ3) is 4.06. The monoisotopic (exact) mass is 345 g/mol. The minimum absolute atomic E-state index is 0.0670. The third-order valence-corrected chi connectivity index (χ3v) is 4.54. The molecule has 0 aliphatic heterocycles. The van der Waals surface area contributed by atoms with Crippen molar-refractivity contribution in [3.63, 3.8) is 0 Å². The van der Waals surface area contributed by atoms with E-state index in [4.69, 9.17) is 11.6 Å². The number of halogens is 1. The van der Waals surface area contributed by atoms with Gasteiger partial charge in [-0.2, -0.15) is 0 Å². The minimum atomic E-state index is 0.0670. The largest absolute Gasteiger partial charge is 0.341 e. The summed E-state index contributed by atoms with van der Waals surface area (Å²) in [5.74, 6) is 0.411. The summed E-state index contributed by atoms with van der Waals surface area (Å²) >= 11 is 7.36. The van der Waals surface area contributed by atoms with E-state index in [-0.39, 0.29) is 5.91 Å². The van der Waals surface area contributed by atoms with Crippen molar-refractivity contribution in [1.29, 1.82) is 0 Å². The smallest absolute Gasteiger partial charge is 0.233 e. The summed E-state index contributed by atoms with van der Waals surface area (Å²) < 4.78 is 0. The van der Waals surface area contributed by atoms with Crippen LogP contribution in [-0.2, 0) is 11.3 Å². The van der Waals surface area contributed by atoms with Gasteiger partial charge in [-0.3, -0.25) is 4.79 Å². The molecule has 2 aromatic carbocycles. The number of H-pyrrole nitrogens is 1. The number of aromatic amines is 1. The molecule has 4 nitrogen and oxygen atoms in total. The molecule has 1 aromatic heterocycles. The van der Waals surface area contributed by atoms with E-state index in [0.717, 1.165) is 21.8 Å². The number of rotatable bonds is 5. The van der Waals surface area contributed by atoms with Gasteiger partial charge in [-0.25, -0.2) is 4.98 Å². The van der Waals surface area contributed by atoms with Crippen LogP contribution in [0, 0.1) is 0 Å². The fourth-order valence-corrected chi connectivity index (χ4v) is 3.21. The third-order valence-electron chi connectivity index (χ3n) is 3.44. The Kier molecular flexibility index (Phi) is 4.88. The van der Waals surface area contributed by atoms with Gasteiger partial charge in [0.15, 0.2) is 5.16 Å². The highest BCUT2D eigenvalue weighted by Gasteiger charge is 2.11. The Morgan fingerprint density at radius 1 is 1.26 bits per heavy atom. The summed E-state index contributed by atoms with van der Waals surface area (Å²) in [7, 11) is 1.81. The molecule has 0 radical (unpaired) electrons. The molecule has 6 heteroatoms. The van der Waals surface area contributed by atoms with Crippen LogP contribution in [-0.4, -0.2) is 33.6 Å². The first kappa shape index (κ1) is 15.9. The molecule has 0 aliphatic carbocycles. The SMILES string of the molecule is CN(Cc1ccccc1)C(=O)CSc1nc2ccc(Cl)cc2[nH]1. The van der Waals surface area contributed by atoms with Crippen molar-refractivity contribution in [2.45, 2.75) is 11.7 Å². The summed E-state index contributed by atoms with van der Waals surface area (Å²) in [5.41, 5.74) is 2.85. The summed E-state index contributed by atoms with van der Waals surface area (Å²) in [6.07, 6.45) is 0. The molecule has 23 heavy (non-hydrogen) atoms. The number of imidazole rings is 1. The molecule has 3 rings (SSSR count). The van der Waals surface area contributed by atoms with Crippen molar-refractivity contribution in [1.82, 2.24) is 14.9 Å². The zero-order chi connectivity index (χ0) is 16.2. The van der Waals surface area contributed by atoms with Crippen LogP contribution in [0.3, 0.4) is 0 Å². The standard InChI is InChI=1S/C17H16ClN3OS/c1-21(10-12-5-3-2-4-6-12)16(22)11-23-17-19-14-8-7-13(18)9-15(14)20-17/h2-9H,10-11H2,1H3,(H,19,20). The van der Waals surface area contributed by atoms with Crippen LogP contribution in [0.25, 0.3) is 11.0 Å². The number of thioether (sulfide) groups is 1. The second-order valence-electron chi connectivity index (χ2n) is 5.23. The molecular formula is C17H16ClN3OS. The van der Waals surface area contributed by atoms with Gasteiger partial charge in [0.05, 0.1) is 16.8 Å². The van der Waals surface area contributed by atoms with Gasteiger partial charge in [0.1, 0.15) is 0 Å². The van der Waals surface area contributed by atoms with Gasteiger partial charge in [-0.15, -0.1) is 0 Å². The van der Waals surface area contributed by atoms with E-state index in [2.05, 4.69) is 9.97 Å². The number of nitrogens with zero attached hydrogens (tertiary/aromatic N) is 2. The first-order valence-electron chi connectivity index (χ1n) is 7.18. The highest BCUT2D eigenvalue weighted by Crippen LogP contribution is 2.22. The van der Waals surface area contributed by atoms with Gasteiger partial charge in [-0.05, 0) is 23.8 Å². The minimum Gasteiger partial charge on any atom is -0.341 e. The predicted molar refractivity (Wildman–Crippen MR) is 94.7 cm³/mol. The highest BCUT2D eigenvalue weighted by molar-refractivity contribution is 7.99. The molecule has 0 fully saturated rings. The molecule has 118 valence electrons. The Bertz CT molecular complexity index is 819. The van der Waals surface area contributed by atoms with E-state index >= 15 is 0 Å². The summed E-state index contributed by atoms with van der Waals surface area (Å²) in [5, 5.41) is 1.39. The number of hydrogen-bond donors (Lipinski definition) is 1. The quantitative estimate of drug-likeness (QED) is 0.712. The molecule has 0 saturated carbocycles. The molecular weight excluding hydrogens is 330 g/mol. The van der Waals surface area contributed by atoms with Crippen molar-refractivity contribution >= 4 is 40.3 Å². The van der Waals surface area contributed by atoms with Gasteiger partial charge < -0.3 is 9.88 Å². The lowest BCUT2D eigenvalue weighted by atomic mass is 10.2. The molecule has 3 aromatic rings. The lowest BCUT2D eigenvalue weighted by molar-refractivity contribution is -0.127. The number of nitrogens with one attached hydrogen (secondary N) is 1. The number of carbonyl (C=O) groups is 1. The zero-order valence-corrected chi connectivity index (χ0v) is 14.2. The lowest BCUT2D eigenvalue weighted by Gasteiger charge is -2.16. The Hall–Kier alpha value is -1.98. The maximum atomic E-state index is 12.2.